The van der Waals surface area contributed by atoms with Gasteiger partial charge in [-0.1, -0.05) is 70.2 Å². The first-order valence-corrected chi connectivity index (χ1v) is 11.3. The fourth-order valence-electron chi connectivity index (χ4n) is 3.20. The number of aromatic nitrogens is 3. The maximum absolute atomic E-state index is 11.8. The minimum atomic E-state index is -0.332. The number of rotatable bonds is 8. The van der Waals surface area contributed by atoms with Gasteiger partial charge in [0, 0.05) is 28.9 Å². The molecule has 0 bridgehead atoms. The van der Waals surface area contributed by atoms with Gasteiger partial charge in [0.1, 0.15) is 0 Å². The lowest BCUT2D eigenvalue weighted by molar-refractivity contribution is -0.124. The average molecular weight is 486 g/mol. The summed E-state index contributed by atoms with van der Waals surface area (Å²) in [6, 6.07) is 17.9. The number of benzene rings is 2. The van der Waals surface area contributed by atoms with E-state index in [4.69, 9.17) is 0 Å². The number of aryl methyl sites for hydroxylation is 1. The van der Waals surface area contributed by atoms with Crippen molar-refractivity contribution in [2.24, 2.45) is 0 Å². The number of hydrogen-bond donors (Lipinski definition) is 1. The molecule has 3 amide bonds. The predicted octanol–water partition coefficient (Wildman–Crippen LogP) is 3.59. The second-order valence-electron chi connectivity index (χ2n) is 6.75. The van der Waals surface area contributed by atoms with Crippen LogP contribution in [0.3, 0.4) is 0 Å². The lowest BCUT2D eigenvalue weighted by Crippen LogP contribution is -2.32. The molecular weight excluding hydrogens is 466 g/mol. The average Bonchev–Trinajstić information content (AvgIpc) is 3.31. The van der Waals surface area contributed by atoms with Crippen molar-refractivity contribution in [2.75, 3.05) is 18.8 Å². The van der Waals surface area contributed by atoms with E-state index in [1.165, 1.54) is 22.2 Å². The predicted molar refractivity (Wildman–Crippen MR) is 119 cm³/mol. The van der Waals surface area contributed by atoms with Crippen molar-refractivity contribution in [3.05, 3.63) is 64.6 Å². The van der Waals surface area contributed by atoms with Crippen molar-refractivity contribution in [1.29, 1.82) is 0 Å². The van der Waals surface area contributed by atoms with Gasteiger partial charge >= 0.3 is 6.03 Å². The molecule has 0 spiro atoms. The van der Waals surface area contributed by atoms with Crippen LogP contribution in [0.15, 0.2) is 64.2 Å². The summed E-state index contributed by atoms with van der Waals surface area (Å²) in [7, 11) is 0. The highest BCUT2D eigenvalue weighted by Gasteiger charge is 2.28. The van der Waals surface area contributed by atoms with Crippen LogP contribution in [0.2, 0.25) is 0 Å². The Kier molecular flexibility index (Phi) is 6.49. The topological polar surface area (TPSA) is 80.1 Å². The number of carbonyl (C=O) groups excluding carboxylic acids is 2. The molecule has 7 nitrogen and oxygen atoms in total. The molecule has 0 radical (unpaired) electrons. The molecule has 1 aliphatic heterocycles. The molecule has 30 heavy (non-hydrogen) atoms. The Labute approximate surface area is 187 Å². The summed E-state index contributed by atoms with van der Waals surface area (Å²) in [5.74, 6) is 1.17. The largest absolute Gasteiger partial charge is 0.329 e. The normalized spacial score (nSPS) is 13.7. The van der Waals surface area contributed by atoms with E-state index in [2.05, 4.69) is 48.1 Å². The molecule has 1 N–H and O–H groups in total. The van der Waals surface area contributed by atoms with Crippen molar-refractivity contribution in [3.8, 4) is 11.4 Å². The van der Waals surface area contributed by atoms with Gasteiger partial charge in [-0.15, -0.1) is 10.2 Å². The number of nitrogens with zero attached hydrogens (tertiary/aromatic N) is 4. The molecule has 3 aromatic rings. The summed E-state index contributed by atoms with van der Waals surface area (Å²) in [5.41, 5.74) is 2.22. The SMILES string of the molecule is O=C1CNC(=O)N1CCSc1nnc(-c2ccc(Br)cc2)n1CCc1ccccc1. The molecule has 1 saturated heterocycles. The quantitative estimate of drug-likeness (QED) is 0.389. The highest BCUT2D eigenvalue weighted by molar-refractivity contribution is 9.10. The standard InChI is InChI=1S/C21H20BrN5O2S/c22-17-8-6-16(7-9-17)19-24-25-21(27(19)11-10-15-4-2-1-3-5-15)30-13-12-26-18(28)14-23-20(26)29/h1-9H,10-14H2,(H,23,29). The summed E-state index contributed by atoms with van der Waals surface area (Å²) in [5, 5.41) is 12.1. The molecule has 2 aromatic carbocycles. The second-order valence-corrected chi connectivity index (χ2v) is 8.73. The van der Waals surface area contributed by atoms with E-state index in [0.717, 1.165) is 34.0 Å². The van der Waals surface area contributed by atoms with Gasteiger partial charge in [0.15, 0.2) is 11.0 Å². The first-order chi connectivity index (χ1) is 14.6. The zero-order valence-electron chi connectivity index (χ0n) is 16.1. The Hall–Kier alpha value is -2.65. The number of hydrogen-bond acceptors (Lipinski definition) is 5. The van der Waals surface area contributed by atoms with Crippen molar-refractivity contribution in [3.63, 3.8) is 0 Å². The molecule has 0 aliphatic carbocycles. The van der Waals surface area contributed by atoms with Gasteiger partial charge in [-0.2, -0.15) is 0 Å². The third-order valence-corrected chi connectivity index (χ3v) is 6.24. The molecule has 1 fully saturated rings. The van der Waals surface area contributed by atoms with Gasteiger partial charge < -0.3 is 9.88 Å². The van der Waals surface area contributed by atoms with Crippen LogP contribution in [0.1, 0.15) is 5.56 Å². The van der Waals surface area contributed by atoms with Crippen LogP contribution in [-0.4, -0.2) is 50.4 Å². The van der Waals surface area contributed by atoms with Gasteiger partial charge in [-0.05, 0) is 24.1 Å². The zero-order chi connectivity index (χ0) is 20.9. The summed E-state index contributed by atoms with van der Waals surface area (Å²) in [6.45, 7) is 1.15. The number of halogens is 1. The molecule has 9 heteroatoms. The number of imide groups is 1. The first kappa shape index (κ1) is 20.6. The molecular formula is C21H20BrN5O2S. The van der Waals surface area contributed by atoms with Crippen LogP contribution >= 0.6 is 27.7 Å². The first-order valence-electron chi connectivity index (χ1n) is 9.56. The van der Waals surface area contributed by atoms with E-state index in [0.29, 0.717) is 12.3 Å². The maximum atomic E-state index is 11.8. The Balaban J connectivity index is 1.52. The van der Waals surface area contributed by atoms with Gasteiger partial charge in [0.2, 0.25) is 5.91 Å². The highest BCUT2D eigenvalue weighted by Crippen LogP contribution is 2.26. The van der Waals surface area contributed by atoms with E-state index in [1.54, 1.807) is 0 Å². The van der Waals surface area contributed by atoms with Crippen molar-refractivity contribution in [2.45, 2.75) is 18.1 Å². The lowest BCUT2D eigenvalue weighted by atomic mass is 10.1. The summed E-state index contributed by atoms with van der Waals surface area (Å²) < 4.78 is 3.11. The van der Waals surface area contributed by atoms with E-state index in [9.17, 15) is 9.59 Å². The third-order valence-electron chi connectivity index (χ3n) is 4.77. The Morgan fingerprint density at radius 3 is 2.47 bits per heavy atom. The molecule has 0 atom stereocenters. The number of amides is 3. The molecule has 0 saturated carbocycles. The molecule has 1 aromatic heterocycles. The molecule has 4 rings (SSSR count). The molecule has 0 unspecified atom stereocenters. The van der Waals surface area contributed by atoms with Gasteiger partial charge in [0.25, 0.3) is 0 Å². The van der Waals surface area contributed by atoms with Crippen LogP contribution in [0.5, 0.6) is 0 Å². The van der Waals surface area contributed by atoms with E-state index in [-0.39, 0.29) is 18.5 Å². The van der Waals surface area contributed by atoms with Crippen LogP contribution in [-0.2, 0) is 17.8 Å². The fraction of sp³-hybridized carbons (Fsp3) is 0.238. The minimum absolute atomic E-state index is 0.0739. The zero-order valence-corrected chi connectivity index (χ0v) is 18.5. The van der Waals surface area contributed by atoms with Crippen LogP contribution in [0.4, 0.5) is 4.79 Å². The Morgan fingerprint density at radius 2 is 1.77 bits per heavy atom. The Morgan fingerprint density at radius 1 is 1.00 bits per heavy atom. The highest BCUT2D eigenvalue weighted by atomic mass is 79.9. The number of carbonyl (C=O) groups is 2. The van der Waals surface area contributed by atoms with Crippen molar-refractivity contribution < 1.29 is 9.59 Å². The van der Waals surface area contributed by atoms with Crippen LogP contribution in [0.25, 0.3) is 11.4 Å². The summed E-state index contributed by atoms with van der Waals surface area (Å²) in [6.07, 6.45) is 0.850. The van der Waals surface area contributed by atoms with Gasteiger partial charge in [0.05, 0.1) is 6.54 Å². The second kappa shape index (κ2) is 9.44. The number of nitrogens with one attached hydrogen (secondary N) is 1. The van der Waals surface area contributed by atoms with Crippen molar-refractivity contribution in [1.82, 2.24) is 25.0 Å². The van der Waals surface area contributed by atoms with Crippen molar-refractivity contribution >= 4 is 39.6 Å². The number of thioether (sulfide) groups is 1. The smallest absolute Gasteiger partial charge is 0.324 e. The summed E-state index contributed by atoms with van der Waals surface area (Å²) in [4.78, 5) is 24.7. The van der Waals surface area contributed by atoms with Crippen LogP contribution in [0, 0.1) is 0 Å². The fourth-order valence-corrected chi connectivity index (χ4v) is 4.36. The van der Waals surface area contributed by atoms with E-state index >= 15 is 0 Å². The summed E-state index contributed by atoms with van der Waals surface area (Å²) >= 11 is 4.97. The molecule has 154 valence electrons. The maximum Gasteiger partial charge on any atom is 0.324 e. The van der Waals surface area contributed by atoms with E-state index < -0.39 is 0 Å². The van der Waals surface area contributed by atoms with Crippen LogP contribution < -0.4 is 5.32 Å². The number of urea groups is 1. The lowest BCUT2D eigenvalue weighted by Gasteiger charge is -2.13. The third kappa shape index (κ3) is 4.73. The Bertz CT molecular complexity index is 1020. The molecule has 2 heterocycles. The van der Waals surface area contributed by atoms with Gasteiger partial charge in [-0.3, -0.25) is 9.69 Å². The molecule has 1 aliphatic rings. The monoisotopic (exact) mass is 485 g/mol. The van der Waals surface area contributed by atoms with E-state index in [1.807, 2.05) is 42.5 Å². The minimum Gasteiger partial charge on any atom is -0.329 e. The van der Waals surface area contributed by atoms with Gasteiger partial charge in [-0.25, -0.2) is 4.79 Å².